The number of aliphatic hydroxyl groups excluding tert-OH is 1. The quantitative estimate of drug-likeness (QED) is 0.697. The minimum absolute atomic E-state index is 0.203. The zero-order valence-corrected chi connectivity index (χ0v) is 11.6. The topological polar surface area (TPSA) is 63.6 Å². The van der Waals surface area contributed by atoms with Gasteiger partial charge >= 0.3 is 15.6 Å². The van der Waals surface area contributed by atoms with Crippen LogP contribution >= 0.6 is 0 Å². The summed E-state index contributed by atoms with van der Waals surface area (Å²) in [6.45, 7) is 1.41. The highest BCUT2D eigenvalue weighted by Crippen LogP contribution is 2.34. The number of hydrogen-bond acceptors (Lipinski definition) is 4. The Balaban J connectivity index is 2.62. The van der Waals surface area contributed by atoms with Crippen molar-refractivity contribution in [3.8, 4) is 5.75 Å². The predicted molar refractivity (Wildman–Crippen MR) is 70.2 cm³/mol. The van der Waals surface area contributed by atoms with Gasteiger partial charge < -0.3 is 9.29 Å². The highest BCUT2D eigenvalue weighted by Gasteiger charge is 2.48. The van der Waals surface area contributed by atoms with E-state index in [-0.39, 0.29) is 10.9 Å². The van der Waals surface area contributed by atoms with Crippen LogP contribution in [0.5, 0.6) is 5.75 Å². The zero-order valence-electron chi connectivity index (χ0n) is 10.8. The standard InChI is InChI=1S/C13H11F3O4S/c1-8(17)10-6-9-4-2-3-5-11(9)12(7-10)20-21(18,19)13(14,15)16/h2-8,17H,1H3. The number of alkyl halides is 3. The van der Waals surface area contributed by atoms with Crippen LogP contribution in [-0.4, -0.2) is 19.0 Å². The summed E-state index contributed by atoms with van der Waals surface area (Å²) in [5.41, 5.74) is -5.27. The van der Waals surface area contributed by atoms with Gasteiger partial charge in [0.25, 0.3) is 0 Å². The van der Waals surface area contributed by atoms with Crippen molar-refractivity contribution in [2.75, 3.05) is 0 Å². The fourth-order valence-electron chi connectivity index (χ4n) is 1.77. The van der Waals surface area contributed by atoms with Gasteiger partial charge in [0.2, 0.25) is 0 Å². The molecule has 0 saturated heterocycles. The SMILES string of the molecule is CC(O)c1cc(OS(=O)(=O)C(F)(F)F)c2ccccc2c1. The van der Waals surface area contributed by atoms with E-state index in [2.05, 4.69) is 4.18 Å². The van der Waals surface area contributed by atoms with Crippen LogP contribution in [0.2, 0.25) is 0 Å². The molecular formula is C13H11F3O4S. The second-order valence-corrected chi connectivity index (χ2v) is 5.94. The molecule has 0 fully saturated rings. The number of rotatable bonds is 3. The monoisotopic (exact) mass is 320 g/mol. The Labute approximate surface area is 118 Å². The number of hydrogen-bond donors (Lipinski definition) is 1. The van der Waals surface area contributed by atoms with Crippen LogP contribution in [-0.2, 0) is 10.1 Å². The van der Waals surface area contributed by atoms with Gasteiger partial charge in [-0.15, -0.1) is 0 Å². The molecular weight excluding hydrogens is 309 g/mol. The maximum atomic E-state index is 12.4. The Hall–Kier alpha value is -1.80. The van der Waals surface area contributed by atoms with Crippen LogP contribution in [0.25, 0.3) is 10.8 Å². The maximum Gasteiger partial charge on any atom is 0.534 e. The first-order valence-corrected chi connectivity index (χ1v) is 7.24. The van der Waals surface area contributed by atoms with Gasteiger partial charge in [0.15, 0.2) is 5.75 Å². The highest BCUT2D eigenvalue weighted by atomic mass is 32.2. The summed E-state index contributed by atoms with van der Waals surface area (Å²) in [7, 11) is -5.77. The number of benzene rings is 2. The predicted octanol–water partition coefficient (Wildman–Crippen LogP) is 3.12. The molecule has 4 nitrogen and oxygen atoms in total. The Morgan fingerprint density at radius 1 is 1.19 bits per heavy atom. The van der Waals surface area contributed by atoms with Gasteiger partial charge in [-0.1, -0.05) is 24.3 Å². The van der Waals surface area contributed by atoms with E-state index in [0.717, 1.165) is 6.07 Å². The molecule has 2 rings (SSSR count). The third-order valence-corrected chi connectivity index (χ3v) is 3.78. The summed E-state index contributed by atoms with van der Waals surface area (Å²) >= 11 is 0. The van der Waals surface area contributed by atoms with Crippen LogP contribution in [0.3, 0.4) is 0 Å². The lowest BCUT2D eigenvalue weighted by molar-refractivity contribution is -0.0499. The van der Waals surface area contributed by atoms with E-state index in [1.807, 2.05) is 0 Å². The van der Waals surface area contributed by atoms with E-state index in [9.17, 15) is 26.7 Å². The van der Waals surface area contributed by atoms with Gasteiger partial charge in [0.05, 0.1) is 6.10 Å². The molecule has 0 radical (unpaired) electrons. The molecule has 0 bridgehead atoms. The number of aliphatic hydroxyl groups is 1. The van der Waals surface area contributed by atoms with E-state index < -0.39 is 27.5 Å². The van der Waals surface area contributed by atoms with Crippen LogP contribution in [0.1, 0.15) is 18.6 Å². The molecule has 0 aromatic heterocycles. The molecule has 2 aromatic rings. The molecule has 1 N–H and O–H groups in total. The minimum atomic E-state index is -5.77. The molecule has 2 aromatic carbocycles. The normalized spacial score (nSPS) is 14.1. The third kappa shape index (κ3) is 3.11. The average molecular weight is 320 g/mol. The molecule has 0 spiro atoms. The van der Waals surface area contributed by atoms with E-state index in [0.29, 0.717) is 5.39 Å². The van der Waals surface area contributed by atoms with Gasteiger partial charge in [0.1, 0.15) is 0 Å². The Kier molecular flexibility index (Phi) is 3.85. The summed E-state index contributed by atoms with van der Waals surface area (Å²) in [6, 6.07) is 8.81. The smallest absolute Gasteiger partial charge is 0.389 e. The Morgan fingerprint density at radius 3 is 2.38 bits per heavy atom. The molecule has 0 saturated carbocycles. The molecule has 0 aliphatic rings. The lowest BCUT2D eigenvalue weighted by atomic mass is 10.0. The fourth-order valence-corrected chi connectivity index (χ4v) is 2.24. The molecule has 1 unspecified atom stereocenters. The lowest BCUT2D eigenvalue weighted by Crippen LogP contribution is -2.28. The summed E-state index contributed by atoms with van der Waals surface area (Å²) < 4.78 is 63.7. The van der Waals surface area contributed by atoms with Crippen molar-refractivity contribution >= 4 is 20.9 Å². The van der Waals surface area contributed by atoms with Crippen LogP contribution in [0, 0.1) is 0 Å². The van der Waals surface area contributed by atoms with E-state index in [1.165, 1.54) is 19.1 Å². The molecule has 0 aliphatic heterocycles. The van der Waals surface area contributed by atoms with E-state index >= 15 is 0 Å². The first-order valence-electron chi connectivity index (χ1n) is 5.83. The zero-order chi connectivity index (χ0) is 15.8. The summed E-state index contributed by atoms with van der Waals surface area (Å²) in [5, 5.41) is 10.2. The van der Waals surface area contributed by atoms with Crippen LogP contribution in [0.4, 0.5) is 13.2 Å². The summed E-state index contributed by atoms with van der Waals surface area (Å²) in [5.74, 6) is -0.471. The van der Waals surface area contributed by atoms with Crippen molar-refractivity contribution < 1.29 is 30.9 Å². The largest absolute Gasteiger partial charge is 0.534 e. The van der Waals surface area contributed by atoms with Crippen molar-refractivity contribution in [2.45, 2.75) is 18.5 Å². The molecule has 8 heteroatoms. The number of halogens is 3. The molecule has 0 aliphatic carbocycles. The minimum Gasteiger partial charge on any atom is -0.389 e. The van der Waals surface area contributed by atoms with Gasteiger partial charge in [-0.3, -0.25) is 0 Å². The van der Waals surface area contributed by atoms with Crippen molar-refractivity contribution in [2.24, 2.45) is 0 Å². The van der Waals surface area contributed by atoms with Crippen molar-refractivity contribution in [3.05, 3.63) is 42.0 Å². The van der Waals surface area contributed by atoms with Gasteiger partial charge in [-0.05, 0) is 30.0 Å². The van der Waals surface area contributed by atoms with Crippen molar-refractivity contribution in [1.29, 1.82) is 0 Å². The maximum absolute atomic E-state index is 12.4. The second kappa shape index (κ2) is 5.19. The van der Waals surface area contributed by atoms with Gasteiger partial charge in [-0.2, -0.15) is 21.6 Å². The third-order valence-electron chi connectivity index (χ3n) is 2.81. The summed E-state index contributed by atoms with van der Waals surface area (Å²) in [4.78, 5) is 0. The molecule has 0 amide bonds. The second-order valence-electron chi connectivity index (χ2n) is 4.40. The molecule has 0 heterocycles. The van der Waals surface area contributed by atoms with Crippen molar-refractivity contribution in [1.82, 2.24) is 0 Å². The highest BCUT2D eigenvalue weighted by molar-refractivity contribution is 7.88. The Bertz CT molecular complexity index is 767. The Morgan fingerprint density at radius 2 is 1.81 bits per heavy atom. The van der Waals surface area contributed by atoms with Crippen LogP contribution < -0.4 is 4.18 Å². The van der Waals surface area contributed by atoms with Crippen LogP contribution in [0.15, 0.2) is 36.4 Å². The van der Waals surface area contributed by atoms with Gasteiger partial charge in [0, 0.05) is 5.39 Å². The first-order chi connectivity index (χ1) is 9.62. The van der Waals surface area contributed by atoms with E-state index in [1.54, 1.807) is 18.2 Å². The fraction of sp³-hybridized carbons (Fsp3) is 0.231. The van der Waals surface area contributed by atoms with E-state index in [4.69, 9.17) is 0 Å². The molecule has 114 valence electrons. The average Bonchev–Trinajstić information content (AvgIpc) is 2.36. The first kappa shape index (κ1) is 15.6. The number of fused-ring (bicyclic) bond motifs is 1. The lowest BCUT2D eigenvalue weighted by Gasteiger charge is -2.14. The van der Waals surface area contributed by atoms with Crippen molar-refractivity contribution in [3.63, 3.8) is 0 Å². The van der Waals surface area contributed by atoms with Gasteiger partial charge in [-0.25, -0.2) is 0 Å². The molecule has 21 heavy (non-hydrogen) atoms. The summed E-state index contributed by atoms with van der Waals surface area (Å²) in [6.07, 6.45) is -0.981. The molecule has 1 atom stereocenters.